The zero-order valence-electron chi connectivity index (χ0n) is 9.41. The molecule has 0 atom stereocenters. The van der Waals surface area contributed by atoms with Gasteiger partial charge in [0, 0.05) is 11.4 Å². The van der Waals surface area contributed by atoms with Crippen molar-refractivity contribution in [3.05, 3.63) is 64.4 Å². The van der Waals surface area contributed by atoms with Crippen LogP contribution in [0.4, 0.5) is 4.39 Å². The van der Waals surface area contributed by atoms with Gasteiger partial charge in [0.2, 0.25) is 0 Å². The van der Waals surface area contributed by atoms with Crippen molar-refractivity contribution in [1.82, 2.24) is 0 Å². The Hall–Kier alpha value is -1.54. The molecular formula is C14H12ClFO. The Morgan fingerprint density at radius 1 is 1.18 bits per heavy atom. The highest BCUT2D eigenvalue weighted by molar-refractivity contribution is 6.30. The summed E-state index contributed by atoms with van der Waals surface area (Å²) < 4.78 is 18.6. The summed E-state index contributed by atoms with van der Waals surface area (Å²) in [6.07, 6.45) is 0.504. The number of halogens is 2. The maximum atomic E-state index is 13.5. The number of hydrogen-bond donors (Lipinski definition) is 0. The van der Waals surface area contributed by atoms with Crippen LogP contribution in [0.1, 0.15) is 11.1 Å². The van der Waals surface area contributed by atoms with Gasteiger partial charge >= 0.3 is 0 Å². The molecule has 0 saturated heterocycles. The standard InChI is InChI=1S/C14H12ClFO/c1-17-13-8-10(7-12(15)9-13)6-11-4-2-3-5-14(11)16/h2-5,7-9H,6H2,1H3. The second kappa shape index (κ2) is 5.19. The molecule has 0 heterocycles. The molecule has 0 aromatic heterocycles. The number of ether oxygens (including phenoxy) is 1. The summed E-state index contributed by atoms with van der Waals surface area (Å²) in [5.74, 6) is 0.482. The number of hydrogen-bond acceptors (Lipinski definition) is 1. The molecule has 2 aromatic carbocycles. The maximum Gasteiger partial charge on any atom is 0.126 e. The van der Waals surface area contributed by atoms with Crippen molar-refractivity contribution in [3.63, 3.8) is 0 Å². The second-order valence-electron chi connectivity index (χ2n) is 3.77. The molecule has 0 aliphatic carbocycles. The van der Waals surface area contributed by atoms with Crippen molar-refractivity contribution >= 4 is 11.6 Å². The Labute approximate surface area is 105 Å². The minimum atomic E-state index is -0.202. The van der Waals surface area contributed by atoms with Gasteiger partial charge in [-0.15, -0.1) is 0 Å². The summed E-state index contributed by atoms with van der Waals surface area (Å²) in [4.78, 5) is 0. The molecule has 0 radical (unpaired) electrons. The summed E-state index contributed by atoms with van der Waals surface area (Å²) in [7, 11) is 1.58. The largest absolute Gasteiger partial charge is 0.497 e. The van der Waals surface area contributed by atoms with Crippen LogP contribution in [0.2, 0.25) is 5.02 Å². The van der Waals surface area contributed by atoms with Gasteiger partial charge in [-0.05, 0) is 35.4 Å². The topological polar surface area (TPSA) is 9.23 Å². The zero-order valence-corrected chi connectivity index (χ0v) is 10.2. The Morgan fingerprint density at radius 3 is 2.65 bits per heavy atom. The van der Waals surface area contributed by atoms with Crippen molar-refractivity contribution < 1.29 is 9.13 Å². The monoisotopic (exact) mass is 250 g/mol. The highest BCUT2D eigenvalue weighted by Gasteiger charge is 2.05. The van der Waals surface area contributed by atoms with Crippen LogP contribution in [0.5, 0.6) is 5.75 Å². The fraction of sp³-hybridized carbons (Fsp3) is 0.143. The third-order valence-corrected chi connectivity index (χ3v) is 2.74. The third kappa shape index (κ3) is 2.98. The molecule has 0 saturated carbocycles. The summed E-state index contributed by atoms with van der Waals surface area (Å²) in [6, 6.07) is 12.1. The van der Waals surface area contributed by atoms with E-state index in [0.29, 0.717) is 22.8 Å². The van der Waals surface area contributed by atoms with Crippen molar-refractivity contribution in [1.29, 1.82) is 0 Å². The predicted octanol–water partition coefficient (Wildman–Crippen LogP) is 4.08. The van der Waals surface area contributed by atoms with Gasteiger partial charge in [-0.25, -0.2) is 4.39 Å². The predicted molar refractivity (Wildman–Crippen MR) is 67.2 cm³/mol. The lowest BCUT2D eigenvalue weighted by Crippen LogP contribution is -1.93. The van der Waals surface area contributed by atoms with Gasteiger partial charge in [0.15, 0.2) is 0 Å². The first-order valence-corrected chi connectivity index (χ1v) is 5.63. The van der Waals surface area contributed by atoms with Crippen LogP contribution in [0, 0.1) is 5.82 Å². The Bertz CT molecular complexity index is 525. The van der Waals surface area contributed by atoms with E-state index in [4.69, 9.17) is 16.3 Å². The van der Waals surface area contributed by atoms with Gasteiger partial charge in [0.25, 0.3) is 0 Å². The Balaban J connectivity index is 2.30. The van der Waals surface area contributed by atoms with E-state index >= 15 is 0 Å². The Morgan fingerprint density at radius 2 is 1.94 bits per heavy atom. The zero-order chi connectivity index (χ0) is 12.3. The Kier molecular flexibility index (Phi) is 3.64. The average molecular weight is 251 g/mol. The molecule has 17 heavy (non-hydrogen) atoms. The van der Waals surface area contributed by atoms with Crippen LogP contribution >= 0.6 is 11.6 Å². The van der Waals surface area contributed by atoms with Crippen molar-refractivity contribution in [2.45, 2.75) is 6.42 Å². The van der Waals surface area contributed by atoms with E-state index in [1.54, 1.807) is 25.3 Å². The smallest absolute Gasteiger partial charge is 0.126 e. The van der Waals surface area contributed by atoms with E-state index in [1.165, 1.54) is 6.07 Å². The first-order chi connectivity index (χ1) is 8.19. The van der Waals surface area contributed by atoms with Gasteiger partial charge in [-0.1, -0.05) is 29.8 Å². The van der Waals surface area contributed by atoms with E-state index in [9.17, 15) is 4.39 Å². The quantitative estimate of drug-likeness (QED) is 0.798. The van der Waals surface area contributed by atoms with Crippen LogP contribution in [-0.2, 0) is 6.42 Å². The molecule has 2 aromatic rings. The van der Waals surface area contributed by atoms with Crippen LogP contribution in [-0.4, -0.2) is 7.11 Å². The first kappa shape index (κ1) is 11.9. The minimum Gasteiger partial charge on any atom is -0.497 e. The van der Waals surface area contributed by atoms with E-state index in [1.807, 2.05) is 18.2 Å². The number of rotatable bonds is 3. The molecule has 0 aliphatic rings. The number of benzene rings is 2. The van der Waals surface area contributed by atoms with Gasteiger partial charge in [-0.3, -0.25) is 0 Å². The van der Waals surface area contributed by atoms with Gasteiger partial charge in [-0.2, -0.15) is 0 Å². The van der Waals surface area contributed by atoms with E-state index in [2.05, 4.69) is 0 Å². The van der Waals surface area contributed by atoms with Crippen molar-refractivity contribution in [2.75, 3.05) is 7.11 Å². The first-order valence-electron chi connectivity index (χ1n) is 5.26. The van der Waals surface area contributed by atoms with Crippen LogP contribution < -0.4 is 4.74 Å². The minimum absolute atomic E-state index is 0.202. The number of methoxy groups -OCH3 is 1. The summed E-state index contributed by atoms with van der Waals surface area (Å²) in [5, 5.41) is 0.593. The second-order valence-corrected chi connectivity index (χ2v) is 4.20. The maximum absolute atomic E-state index is 13.5. The molecule has 1 nitrogen and oxygen atoms in total. The summed E-state index contributed by atoms with van der Waals surface area (Å²) >= 11 is 5.96. The molecule has 3 heteroatoms. The van der Waals surface area contributed by atoms with Gasteiger partial charge in [0.05, 0.1) is 7.11 Å². The molecule has 0 amide bonds. The SMILES string of the molecule is COc1cc(Cl)cc(Cc2ccccc2F)c1. The highest BCUT2D eigenvalue weighted by atomic mass is 35.5. The summed E-state index contributed by atoms with van der Waals surface area (Å²) in [5.41, 5.74) is 1.58. The van der Waals surface area contributed by atoms with Gasteiger partial charge < -0.3 is 4.74 Å². The van der Waals surface area contributed by atoms with Crippen molar-refractivity contribution in [2.24, 2.45) is 0 Å². The van der Waals surface area contributed by atoms with E-state index in [-0.39, 0.29) is 5.82 Å². The molecule has 2 rings (SSSR count). The molecule has 0 spiro atoms. The molecule has 0 fully saturated rings. The van der Waals surface area contributed by atoms with Gasteiger partial charge in [0.1, 0.15) is 11.6 Å². The lowest BCUT2D eigenvalue weighted by Gasteiger charge is -2.07. The third-order valence-electron chi connectivity index (χ3n) is 2.52. The average Bonchev–Trinajstić information content (AvgIpc) is 2.31. The normalized spacial score (nSPS) is 10.3. The fourth-order valence-corrected chi connectivity index (χ4v) is 1.95. The van der Waals surface area contributed by atoms with E-state index < -0.39 is 0 Å². The molecule has 88 valence electrons. The molecule has 0 aliphatic heterocycles. The fourth-order valence-electron chi connectivity index (χ4n) is 1.70. The molecule has 0 bridgehead atoms. The molecular weight excluding hydrogens is 239 g/mol. The lowest BCUT2D eigenvalue weighted by atomic mass is 10.0. The van der Waals surface area contributed by atoms with Crippen LogP contribution in [0.25, 0.3) is 0 Å². The van der Waals surface area contributed by atoms with Crippen molar-refractivity contribution in [3.8, 4) is 5.75 Å². The van der Waals surface area contributed by atoms with Crippen LogP contribution in [0.15, 0.2) is 42.5 Å². The molecule has 0 unspecified atom stereocenters. The summed E-state index contributed by atoms with van der Waals surface area (Å²) in [6.45, 7) is 0. The van der Waals surface area contributed by atoms with E-state index in [0.717, 1.165) is 5.56 Å². The van der Waals surface area contributed by atoms with Crippen LogP contribution in [0.3, 0.4) is 0 Å². The molecule has 0 N–H and O–H groups in total. The lowest BCUT2D eigenvalue weighted by molar-refractivity contribution is 0.414. The highest BCUT2D eigenvalue weighted by Crippen LogP contribution is 2.23.